The van der Waals surface area contributed by atoms with Gasteiger partial charge in [0.2, 0.25) is 35.7 Å². The third kappa shape index (κ3) is 13.4. The van der Waals surface area contributed by atoms with Crippen molar-refractivity contribution in [2.75, 3.05) is 83.7 Å². The summed E-state index contributed by atoms with van der Waals surface area (Å²) in [6.45, 7) is 8.07. The monoisotopic (exact) mass is 956 g/mol. The fourth-order valence-electron chi connectivity index (χ4n) is 6.68. The first-order valence-electron chi connectivity index (χ1n) is 20.0. The first-order chi connectivity index (χ1) is 30.7. The van der Waals surface area contributed by atoms with Gasteiger partial charge in [-0.25, -0.2) is 0 Å². The number of aryl methyl sites for hydroxylation is 2. The van der Waals surface area contributed by atoms with E-state index in [9.17, 15) is 25.9 Å². The molecule has 24 heteroatoms. The van der Waals surface area contributed by atoms with Crippen LogP contribution in [0.5, 0.6) is 0 Å². The van der Waals surface area contributed by atoms with Crippen LogP contribution in [0.3, 0.4) is 0 Å². The normalized spacial score (nSPS) is 14.2. The third-order valence-electron chi connectivity index (χ3n) is 9.99. The zero-order valence-electron chi connectivity index (χ0n) is 38.6. The second-order valence-electron chi connectivity index (χ2n) is 14.8. The van der Waals surface area contributed by atoms with Crippen molar-refractivity contribution >= 4 is 90.8 Å². The Balaban J connectivity index is 0.00000252. The second kappa shape index (κ2) is 22.3. The standard InChI is InChI=1S/C42H44N12O8S2.2Na.2H/c1-27-3-11-31(12-4-27)43-37-47-39(51-41(49-37)53-17-21-61-22-18-53)45-33-15-9-29(35(25-33)63(55,56)57)7-8-30-10-16-34(26-36(30)64(58,59)60)46-40-48-38(44-32-13-5-28(2)6-14-32)50-42(52-40)54-19-23-62-24-20-54;;;;/h3-16,25-26H,17-24H2,1-2H3,(H,55,56,57)(H,58,59,60)(H2,43,45,47,49,51)(H2,44,46,48,50,52);;;;/q;2*+1;2*-1/b8-7+;;;;. The Morgan fingerprint density at radius 3 is 1.12 bits per heavy atom. The van der Waals surface area contributed by atoms with E-state index in [1.807, 2.05) is 72.2 Å². The third-order valence-corrected chi connectivity index (χ3v) is 11.8. The van der Waals surface area contributed by atoms with Crippen LogP contribution in [-0.2, 0) is 29.7 Å². The van der Waals surface area contributed by atoms with Gasteiger partial charge in [0.05, 0.1) is 26.4 Å². The summed E-state index contributed by atoms with van der Waals surface area (Å²) >= 11 is 0. The van der Waals surface area contributed by atoms with Crippen LogP contribution >= 0.6 is 0 Å². The minimum atomic E-state index is -4.84. The molecule has 6 aromatic rings. The average Bonchev–Trinajstić information content (AvgIpc) is 3.27. The molecule has 0 radical (unpaired) electrons. The average molecular weight is 957 g/mol. The van der Waals surface area contributed by atoms with Crippen LogP contribution in [0.15, 0.2) is 94.7 Å². The molecule has 0 saturated carbocycles. The number of aromatic nitrogens is 6. The topological polar surface area (TPSA) is 259 Å². The summed E-state index contributed by atoms with van der Waals surface area (Å²) in [7, 11) is -9.68. The van der Waals surface area contributed by atoms with Gasteiger partial charge in [-0.3, -0.25) is 9.11 Å². The Kier molecular flexibility index (Phi) is 17.1. The van der Waals surface area contributed by atoms with Gasteiger partial charge in [-0.2, -0.15) is 46.7 Å². The number of hydrogen-bond donors (Lipinski definition) is 6. The molecule has 0 amide bonds. The molecule has 0 spiro atoms. The van der Waals surface area contributed by atoms with Crippen molar-refractivity contribution in [3.05, 3.63) is 107 Å². The summed E-state index contributed by atoms with van der Waals surface area (Å²) in [4.78, 5) is 30.3. The predicted octanol–water partition coefficient (Wildman–Crippen LogP) is 0.218. The van der Waals surface area contributed by atoms with Crippen molar-refractivity contribution in [2.24, 2.45) is 0 Å². The zero-order chi connectivity index (χ0) is 44.8. The molecule has 8 rings (SSSR count). The number of anilines is 10. The molecule has 0 aliphatic carbocycles. The summed E-state index contributed by atoms with van der Waals surface area (Å²) in [5.41, 5.74) is 4.09. The fourth-order valence-corrected chi connectivity index (χ4v) is 8.10. The molecule has 0 unspecified atom stereocenters. The number of benzene rings is 4. The van der Waals surface area contributed by atoms with Gasteiger partial charge in [-0.15, -0.1) is 0 Å². The van der Waals surface area contributed by atoms with Crippen LogP contribution in [0.2, 0.25) is 0 Å². The summed E-state index contributed by atoms with van der Waals surface area (Å²) in [5, 5.41) is 12.4. The smallest absolute Gasteiger partial charge is 1.00 e. The number of nitrogens with zero attached hydrogens (tertiary/aromatic N) is 8. The molecular weight excluding hydrogens is 911 g/mol. The van der Waals surface area contributed by atoms with Crippen molar-refractivity contribution in [1.29, 1.82) is 0 Å². The van der Waals surface area contributed by atoms with Crippen LogP contribution in [-0.4, -0.2) is 108 Å². The largest absolute Gasteiger partial charge is 1.00 e. The minimum absolute atomic E-state index is 0. The maximum atomic E-state index is 12.8. The molecule has 2 aliphatic rings. The van der Waals surface area contributed by atoms with E-state index in [1.165, 1.54) is 48.6 Å². The van der Waals surface area contributed by atoms with Gasteiger partial charge in [0.15, 0.2) is 0 Å². The molecule has 6 N–H and O–H groups in total. The molecule has 0 bridgehead atoms. The van der Waals surface area contributed by atoms with Gasteiger partial charge in [0, 0.05) is 48.9 Å². The van der Waals surface area contributed by atoms with E-state index in [0.717, 1.165) is 22.5 Å². The van der Waals surface area contributed by atoms with E-state index in [0.29, 0.717) is 64.5 Å². The van der Waals surface area contributed by atoms with Crippen molar-refractivity contribution in [1.82, 2.24) is 29.9 Å². The van der Waals surface area contributed by atoms with Crippen LogP contribution in [0.4, 0.5) is 58.4 Å². The Bertz CT molecular complexity index is 2720. The Morgan fingerprint density at radius 2 is 0.803 bits per heavy atom. The van der Waals surface area contributed by atoms with Crippen molar-refractivity contribution < 1.29 is 97.4 Å². The van der Waals surface area contributed by atoms with Crippen LogP contribution < -0.4 is 90.2 Å². The first kappa shape index (κ1) is 50.6. The molecule has 2 aromatic heterocycles. The molecule has 336 valence electrons. The molecule has 0 atom stereocenters. The number of morpholine rings is 2. The summed E-state index contributed by atoms with van der Waals surface area (Å²) in [6.07, 6.45) is 2.60. The maximum absolute atomic E-state index is 12.8. The summed E-state index contributed by atoms with van der Waals surface area (Å²) in [5.74, 6) is 1.39. The van der Waals surface area contributed by atoms with Crippen LogP contribution in [0.1, 0.15) is 25.1 Å². The van der Waals surface area contributed by atoms with E-state index in [-0.39, 0.29) is 108 Å². The molecular formula is C42H46N12Na2O8S2. The molecule has 20 nitrogen and oxygen atoms in total. The first-order valence-corrected chi connectivity index (χ1v) is 22.9. The second-order valence-corrected chi connectivity index (χ2v) is 17.6. The predicted molar refractivity (Wildman–Crippen MR) is 245 cm³/mol. The number of hydrogen-bond acceptors (Lipinski definition) is 18. The maximum Gasteiger partial charge on any atom is 1.00 e. The molecule has 2 fully saturated rings. The van der Waals surface area contributed by atoms with E-state index in [2.05, 4.69) is 51.2 Å². The van der Waals surface area contributed by atoms with E-state index < -0.39 is 30.0 Å². The summed E-state index contributed by atoms with van der Waals surface area (Å²) in [6, 6.07) is 23.6. The van der Waals surface area contributed by atoms with Crippen molar-refractivity contribution in [2.45, 2.75) is 23.6 Å². The van der Waals surface area contributed by atoms with Gasteiger partial charge in [0.25, 0.3) is 20.2 Å². The SMILES string of the molecule is Cc1ccc(Nc2nc(Nc3ccc(/C=C/c4ccc(Nc5nc(Nc6ccc(C)cc6)nc(N6CCOCC6)n5)cc4S(=O)(=O)O)c(S(=O)(=O)O)c3)nc(N3CCOCC3)n2)cc1.[H-].[H-].[Na+].[Na+]. The summed E-state index contributed by atoms with van der Waals surface area (Å²) < 4.78 is 82.8. The van der Waals surface area contributed by atoms with Gasteiger partial charge in [-0.1, -0.05) is 59.7 Å². The van der Waals surface area contributed by atoms with Gasteiger partial charge < -0.3 is 43.4 Å². The van der Waals surface area contributed by atoms with Crippen LogP contribution in [0.25, 0.3) is 12.2 Å². The Labute approximate surface area is 429 Å². The number of ether oxygens (including phenoxy) is 2. The van der Waals surface area contributed by atoms with Gasteiger partial charge in [0.1, 0.15) is 9.79 Å². The number of rotatable bonds is 14. The Hall–Kier alpha value is -4.82. The molecule has 66 heavy (non-hydrogen) atoms. The van der Waals surface area contributed by atoms with Crippen molar-refractivity contribution in [3.8, 4) is 0 Å². The molecule has 2 aliphatic heterocycles. The molecule has 4 heterocycles. The van der Waals surface area contributed by atoms with Crippen molar-refractivity contribution in [3.63, 3.8) is 0 Å². The number of nitrogens with one attached hydrogen (secondary N) is 4. The van der Waals surface area contributed by atoms with E-state index in [4.69, 9.17) is 9.47 Å². The quantitative estimate of drug-likeness (QED) is 0.0485. The van der Waals surface area contributed by atoms with Crippen LogP contribution in [0, 0.1) is 13.8 Å². The van der Waals surface area contributed by atoms with E-state index in [1.54, 1.807) is 0 Å². The fraction of sp³-hybridized carbons (Fsp3) is 0.238. The molecule has 2 saturated heterocycles. The van der Waals surface area contributed by atoms with E-state index >= 15 is 0 Å². The van der Waals surface area contributed by atoms with Gasteiger partial charge in [-0.05, 0) is 73.5 Å². The molecule has 4 aromatic carbocycles. The Morgan fingerprint density at radius 1 is 0.500 bits per heavy atom. The van der Waals surface area contributed by atoms with Gasteiger partial charge >= 0.3 is 59.1 Å². The zero-order valence-corrected chi connectivity index (χ0v) is 42.3. The minimum Gasteiger partial charge on any atom is -1.00 e.